The van der Waals surface area contributed by atoms with Gasteiger partial charge in [0.25, 0.3) is 0 Å². The van der Waals surface area contributed by atoms with E-state index in [9.17, 15) is 9.90 Å². The molecule has 3 atom stereocenters. The van der Waals surface area contributed by atoms with Crippen LogP contribution in [-0.4, -0.2) is 48.3 Å². The second-order valence-electron chi connectivity index (χ2n) is 8.11. The highest BCUT2D eigenvalue weighted by Crippen LogP contribution is 2.50. The number of nitrogens with zero attached hydrogens (tertiary/aromatic N) is 2. The highest BCUT2D eigenvalue weighted by molar-refractivity contribution is 5.98. The van der Waals surface area contributed by atoms with Gasteiger partial charge in [-0.2, -0.15) is 0 Å². The van der Waals surface area contributed by atoms with Crippen LogP contribution in [0.1, 0.15) is 29.9 Å². The van der Waals surface area contributed by atoms with E-state index in [4.69, 9.17) is 4.74 Å². The van der Waals surface area contributed by atoms with E-state index in [2.05, 4.69) is 23.1 Å². The monoisotopic (exact) mass is 378 g/mol. The van der Waals surface area contributed by atoms with Gasteiger partial charge in [0.1, 0.15) is 5.75 Å². The quantitative estimate of drug-likeness (QED) is 0.869. The van der Waals surface area contributed by atoms with Crippen LogP contribution in [0.2, 0.25) is 0 Å². The molecule has 1 saturated carbocycles. The Hall–Kier alpha value is -2.37. The molecule has 0 spiro atoms. The van der Waals surface area contributed by atoms with Crippen LogP contribution in [-0.2, 0) is 11.3 Å². The number of rotatable bonds is 5. The Bertz CT molecular complexity index is 895. The van der Waals surface area contributed by atoms with Crippen molar-refractivity contribution in [1.82, 2.24) is 4.90 Å². The Morgan fingerprint density at radius 2 is 1.89 bits per heavy atom. The molecule has 3 aliphatic rings. The zero-order valence-electron chi connectivity index (χ0n) is 16.1. The van der Waals surface area contributed by atoms with E-state index in [1.165, 1.54) is 5.56 Å². The molecule has 2 heterocycles. The van der Waals surface area contributed by atoms with Gasteiger partial charge < -0.3 is 14.7 Å². The van der Waals surface area contributed by atoms with E-state index in [0.717, 1.165) is 29.8 Å². The molecule has 1 amide bonds. The summed E-state index contributed by atoms with van der Waals surface area (Å²) >= 11 is 0. The first kappa shape index (κ1) is 17.7. The molecule has 0 bridgehead atoms. The minimum absolute atomic E-state index is 0.0641. The number of likely N-dealkylation sites (tertiary alicyclic amines) is 1. The second kappa shape index (κ2) is 6.90. The third kappa shape index (κ3) is 2.73. The maximum Gasteiger partial charge on any atom is 0.230 e. The Labute approximate surface area is 165 Å². The summed E-state index contributed by atoms with van der Waals surface area (Å²) in [7, 11) is 1.69. The molecule has 0 unspecified atom stereocenters. The van der Waals surface area contributed by atoms with Crippen LogP contribution in [0.25, 0.3) is 0 Å². The molecule has 28 heavy (non-hydrogen) atoms. The van der Waals surface area contributed by atoms with Crippen molar-refractivity contribution in [3.8, 4) is 5.75 Å². The number of hydrogen-bond acceptors (Lipinski definition) is 4. The summed E-state index contributed by atoms with van der Waals surface area (Å²) in [5, 5.41) is 10.1. The van der Waals surface area contributed by atoms with Crippen molar-refractivity contribution in [2.45, 2.75) is 37.4 Å². The predicted molar refractivity (Wildman–Crippen MR) is 107 cm³/mol. The molecule has 1 aliphatic carbocycles. The molecule has 5 rings (SSSR count). The molecule has 2 aliphatic heterocycles. The van der Waals surface area contributed by atoms with Crippen LogP contribution in [0, 0.1) is 5.92 Å². The Balaban J connectivity index is 1.47. The molecule has 1 saturated heterocycles. The van der Waals surface area contributed by atoms with Gasteiger partial charge in [0, 0.05) is 48.3 Å². The molecule has 5 heteroatoms. The standard InChI is InChI=1S/C23H26N2O3/c1-28-21-9-5-2-6-16(21)12-24-19-13-25(23(27)15-10-11-15)18-8-4-3-7-17(18)22(19)20(24)14-26/h2-9,15,19-20,22,26H,10-14H2,1H3/t19-,20+,22+/m0/s1. The van der Waals surface area contributed by atoms with E-state index in [-0.39, 0.29) is 36.4 Å². The minimum atomic E-state index is 0.0641. The van der Waals surface area contributed by atoms with E-state index < -0.39 is 0 Å². The van der Waals surface area contributed by atoms with Gasteiger partial charge in [0.2, 0.25) is 5.91 Å². The molecule has 5 nitrogen and oxygen atoms in total. The zero-order chi connectivity index (χ0) is 19.3. The van der Waals surface area contributed by atoms with Gasteiger partial charge in [-0.1, -0.05) is 36.4 Å². The highest BCUT2D eigenvalue weighted by Gasteiger charge is 2.53. The SMILES string of the molecule is COc1ccccc1CN1[C@H](CO)[C@@H]2c3ccccc3N(C(=O)C3CC3)C[C@@H]21. The Morgan fingerprint density at radius 3 is 2.64 bits per heavy atom. The Morgan fingerprint density at radius 1 is 1.14 bits per heavy atom. The molecule has 1 N–H and O–H groups in total. The minimum Gasteiger partial charge on any atom is -0.496 e. The lowest BCUT2D eigenvalue weighted by molar-refractivity contribution is -0.121. The molecular weight excluding hydrogens is 352 g/mol. The maximum absolute atomic E-state index is 13.0. The van der Waals surface area contributed by atoms with Crippen molar-refractivity contribution < 1.29 is 14.6 Å². The topological polar surface area (TPSA) is 53.0 Å². The number of para-hydroxylation sites is 2. The van der Waals surface area contributed by atoms with Crippen LogP contribution in [0.15, 0.2) is 48.5 Å². The van der Waals surface area contributed by atoms with Crippen molar-refractivity contribution in [3.63, 3.8) is 0 Å². The van der Waals surface area contributed by atoms with Crippen molar-refractivity contribution in [2.24, 2.45) is 5.92 Å². The van der Waals surface area contributed by atoms with Gasteiger partial charge in [0.15, 0.2) is 0 Å². The normalized spacial score (nSPS) is 26.2. The van der Waals surface area contributed by atoms with Gasteiger partial charge in [-0.15, -0.1) is 0 Å². The molecule has 0 aromatic heterocycles. The fraction of sp³-hybridized carbons (Fsp3) is 0.435. The summed E-state index contributed by atoms with van der Waals surface area (Å²) in [4.78, 5) is 17.3. The number of ether oxygens (including phenoxy) is 1. The lowest BCUT2D eigenvalue weighted by atomic mass is 9.71. The van der Waals surface area contributed by atoms with E-state index >= 15 is 0 Å². The van der Waals surface area contributed by atoms with E-state index in [0.29, 0.717) is 13.1 Å². The van der Waals surface area contributed by atoms with Crippen molar-refractivity contribution in [2.75, 3.05) is 25.2 Å². The number of fused-ring (bicyclic) bond motifs is 3. The number of anilines is 1. The lowest BCUT2D eigenvalue weighted by Crippen LogP contribution is -2.68. The summed E-state index contributed by atoms with van der Waals surface area (Å²) in [6, 6.07) is 16.5. The average molecular weight is 378 g/mol. The lowest BCUT2D eigenvalue weighted by Gasteiger charge is -2.59. The first-order valence-electron chi connectivity index (χ1n) is 10.1. The van der Waals surface area contributed by atoms with Gasteiger partial charge >= 0.3 is 0 Å². The zero-order valence-corrected chi connectivity index (χ0v) is 16.1. The van der Waals surface area contributed by atoms with Gasteiger partial charge in [-0.25, -0.2) is 0 Å². The summed E-state index contributed by atoms with van der Waals surface area (Å²) < 4.78 is 5.52. The first-order valence-corrected chi connectivity index (χ1v) is 10.1. The fourth-order valence-corrected chi connectivity index (χ4v) is 4.99. The molecule has 2 fully saturated rings. The number of hydrogen-bond donors (Lipinski definition) is 1. The van der Waals surface area contributed by atoms with Crippen LogP contribution < -0.4 is 9.64 Å². The predicted octanol–water partition coefficient (Wildman–Crippen LogP) is 2.78. The van der Waals surface area contributed by atoms with Crippen LogP contribution in [0.3, 0.4) is 0 Å². The van der Waals surface area contributed by atoms with Crippen LogP contribution in [0.5, 0.6) is 5.75 Å². The summed E-state index contributed by atoms with van der Waals surface area (Å²) in [6.45, 7) is 1.52. The third-order valence-corrected chi connectivity index (χ3v) is 6.56. The summed E-state index contributed by atoms with van der Waals surface area (Å²) in [6.07, 6.45) is 2.02. The van der Waals surface area contributed by atoms with Crippen molar-refractivity contribution in [3.05, 3.63) is 59.7 Å². The molecule has 146 valence electrons. The smallest absolute Gasteiger partial charge is 0.230 e. The molecule has 2 aromatic carbocycles. The van der Waals surface area contributed by atoms with E-state index in [1.54, 1.807) is 7.11 Å². The largest absolute Gasteiger partial charge is 0.496 e. The number of aliphatic hydroxyl groups excluding tert-OH is 1. The van der Waals surface area contributed by atoms with Crippen LogP contribution >= 0.6 is 0 Å². The number of carbonyl (C=O) groups is 1. The molecular formula is C23H26N2O3. The van der Waals surface area contributed by atoms with Crippen molar-refractivity contribution in [1.29, 1.82) is 0 Å². The van der Waals surface area contributed by atoms with Crippen LogP contribution in [0.4, 0.5) is 5.69 Å². The third-order valence-electron chi connectivity index (χ3n) is 6.56. The fourth-order valence-electron chi connectivity index (χ4n) is 4.99. The van der Waals surface area contributed by atoms with Gasteiger partial charge in [-0.05, 0) is 30.5 Å². The van der Waals surface area contributed by atoms with Gasteiger partial charge in [-0.3, -0.25) is 9.69 Å². The second-order valence-corrected chi connectivity index (χ2v) is 8.11. The number of methoxy groups -OCH3 is 1. The number of benzene rings is 2. The molecule has 0 radical (unpaired) electrons. The average Bonchev–Trinajstić information content (AvgIpc) is 3.57. The molecule has 2 aromatic rings. The van der Waals surface area contributed by atoms with E-state index in [1.807, 2.05) is 35.2 Å². The van der Waals surface area contributed by atoms with Gasteiger partial charge in [0.05, 0.1) is 13.7 Å². The van der Waals surface area contributed by atoms with Crippen molar-refractivity contribution >= 4 is 11.6 Å². The number of aliphatic hydroxyl groups is 1. The maximum atomic E-state index is 13.0. The first-order chi connectivity index (χ1) is 13.7. The number of carbonyl (C=O) groups excluding carboxylic acids is 1. The number of amides is 1. The highest BCUT2D eigenvalue weighted by atomic mass is 16.5. The Kier molecular flexibility index (Phi) is 4.37. The summed E-state index contributed by atoms with van der Waals surface area (Å²) in [5.74, 6) is 1.58. The summed E-state index contributed by atoms with van der Waals surface area (Å²) in [5.41, 5.74) is 3.35.